The van der Waals surface area contributed by atoms with E-state index >= 15 is 0 Å². The molecule has 0 aliphatic heterocycles. The van der Waals surface area contributed by atoms with Crippen LogP contribution in [0.3, 0.4) is 0 Å². The van der Waals surface area contributed by atoms with E-state index in [1.807, 2.05) is 6.92 Å². The second-order valence-electron chi connectivity index (χ2n) is 2.66. The number of rotatable bonds is 4. The topological polar surface area (TPSA) is 62.2 Å². The summed E-state index contributed by atoms with van der Waals surface area (Å²) in [7, 11) is 0. The van der Waals surface area contributed by atoms with Crippen LogP contribution in [0.25, 0.3) is 0 Å². The number of carboxylic acid groups (broad SMARTS) is 1. The molecule has 0 bridgehead atoms. The van der Waals surface area contributed by atoms with Crippen molar-refractivity contribution in [1.29, 1.82) is 0 Å². The van der Waals surface area contributed by atoms with Crippen LogP contribution in [0.4, 0.5) is 5.69 Å². The Labute approximate surface area is 76.6 Å². The second kappa shape index (κ2) is 4.45. The molecule has 70 valence electrons. The van der Waals surface area contributed by atoms with Crippen molar-refractivity contribution in [2.45, 2.75) is 13.3 Å². The van der Waals surface area contributed by atoms with Gasteiger partial charge in [0.1, 0.15) is 5.69 Å². The highest BCUT2D eigenvalue weighted by Crippen LogP contribution is 2.07. The van der Waals surface area contributed by atoms with Gasteiger partial charge in [0.15, 0.2) is 0 Å². The Hall–Kier alpha value is -1.58. The van der Waals surface area contributed by atoms with Gasteiger partial charge in [0.2, 0.25) is 0 Å². The van der Waals surface area contributed by atoms with Gasteiger partial charge < -0.3 is 10.4 Å². The van der Waals surface area contributed by atoms with Crippen molar-refractivity contribution in [3.8, 4) is 0 Å². The first-order chi connectivity index (χ1) is 6.24. The quantitative estimate of drug-likeness (QED) is 0.738. The zero-order chi connectivity index (χ0) is 9.68. The van der Waals surface area contributed by atoms with Crippen LogP contribution in [-0.2, 0) is 0 Å². The van der Waals surface area contributed by atoms with Crippen molar-refractivity contribution >= 4 is 11.7 Å². The summed E-state index contributed by atoms with van der Waals surface area (Å²) in [5.74, 6) is -1.000. The van der Waals surface area contributed by atoms with Crippen molar-refractivity contribution in [3.05, 3.63) is 24.0 Å². The molecule has 4 nitrogen and oxygen atoms in total. The van der Waals surface area contributed by atoms with Gasteiger partial charge in [-0.05, 0) is 18.6 Å². The maximum atomic E-state index is 10.5. The van der Waals surface area contributed by atoms with Crippen molar-refractivity contribution in [3.63, 3.8) is 0 Å². The third kappa shape index (κ3) is 2.74. The molecule has 0 unspecified atom stereocenters. The first kappa shape index (κ1) is 9.51. The van der Waals surface area contributed by atoms with Crippen LogP contribution in [0.15, 0.2) is 18.3 Å². The summed E-state index contributed by atoms with van der Waals surface area (Å²) < 4.78 is 0. The number of nitrogens with one attached hydrogen (secondary N) is 1. The summed E-state index contributed by atoms with van der Waals surface area (Å²) in [6, 6.07) is 3.28. The van der Waals surface area contributed by atoms with E-state index in [0.29, 0.717) is 0 Å². The molecular formula is C9H12N2O2. The molecule has 0 radical (unpaired) electrons. The molecule has 0 saturated carbocycles. The van der Waals surface area contributed by atoms with E-state index < -0.39 is 5.97 Å². The first-order valence-electron chi connectivity index (χ1n) is 4.17. The number of hydrogen-bond donors (Lipinski definition) is 2. The van der Waals surface area contributed by atoms with E-state index in [1.54, 1.807) is 6.07 Å². The number of anilines is 1. The zero-order valence-corrected chi connectivity index (χ0v) is 7.45. The van der Waals surface area contributed by atoms with Crippen LogP contribution in [0.5, 0.6) is 0 Å². The van der Waals surface area contributed by atoms with Crippen LogP contribution in [0, 0.1) is 0 Å². The van der Waals surface area contributed by atoms with Gasteiger partial charge in [0.25, 0.3) is 0 Å². The number of hydrogen-bond acceptors (Lipinski definition) is 3. The lowest BCUT2D eigenvalue weighted by Gasteiger charge is -2.03. The van der Waals surface area contributed by atoms with Gasteiger partial charge in [-0.2, -0.15) is 0 Å². The summed E-state index contributed by atoms with van der Waals surface area (Å²) in [6.07, 6.45) is 2.49. The summed E-state index contributed by atoms with van der Waals surface area (Å²) in [5.41, 5.74) is 0.871. The number of pyridine rings is 1. The van der Waals surface area contributed by atoms with Gasteiger partial charge >= 0.3 is 5.97 Å². The van der Waals surface area contributed by atoms with Gasteiger partial charge in [0, 0.05) is 18.4 Å². The van der Waals surface area contributed by atoms with E-state index in [4.69, 9.17) is 5.11 Å². The normalized spacial score (nSPS) is 9.62. The Morgan fingerprint density at radius 3 is 3.08 bits per heavy atom. The third-order valence-corrected chi connectivity index (χ3v) is 1.56. The number of carbonyl (C=O) groups is 1. The molecule has 1 rings (SSSR count). The largest absolute Gasteiger partial charge is 0.477 e. The fraction of sp³-hybridized carbons (Fsp3) is 0.333. The molecule has 0 atom stereocenters. The summed E-state index contributed by atoms with van der Waals surface area (Å²) in [4.78, 5) is 14.2. The van der Waals surface area contributed by atoms with E-state index in [-0.39, 0.29) is 5.69 Å². The maximum Gasteiger partial charge on any atom is 0.354 e. The van der Waals surface area contributed by atoms with E-state index in [0.717, 1.165) is 18.7 Å². The molecule has 0 aliphatic rings. The highest BCUT2D eigenvalue weighted by atomic mass is 16.4. The van der Waals surface area contributed by atoms with Crippen molar-refractivity contribution < 1.29 is 9.90 Å². The lowest BCUT2D eigenvalue weighted by Crippen LogP contribution is -2.04. The highest BCUT2D eigenvalue weighted by molar-refractivity contribution is 5.86. The minimum Gasteiger partial charge on any atom is -0.477 e. The fourth-order valence-corrected chi connectivity index (χ4v) is 0.927. The molecule has 2 N–H and O–H groups in total. The second-order valence-corrected chi connectivity index (χ2v) is 2.66. The molecule has 0 amide bonds. The average molecular weight is 180 g/mol. The Morgan fingerprint density at radius 1 is 1.69 bits per heavy atom. The number of aromatic nitrogens is 1. The van der Waals surface area contributed by atoms with E-state index in [2.05, 4.69) is 10.3 Å². The molecule has 0 fully saturated rings. The molecule has 1 heterocycles. The van der Waals surface area contributed by atoms with Crippen LogP contribution in [0.2, 0.25) is 0 Å². The molecule has 1 aromatic rings. The minimum atomic E-state index is -1.000. The monoisotopic (exact) mass is 180 g/mol. The molecule has 0 saturated heterocycles. The van der Waals surface area contributed by atoms with Crippen molar-refractivity contribution in [1.82, 2.24) is 4.98 Å². The Morgan fingerprint density at radius 2 is 2.46 bits per heavy atom. The Kier molecular flexibility index (Phi) is 3.25. The summed E-state index contributed by atoms with van der Waals surface area (Å²) in [6.45, 7) is 2.88. The lowest BCUT2D eigenvalue weighted by molar-refractivity contribution is 0.0690. The molecular weight excluding hydrogens is 168 g/mol. The van der Waals surface area contributed by atoms with E-state index in [9.17, 15) is 4.79 Å². The molecule has 0 aromatic carbocycles. The summed E-state index contributed by atoms with van der Waals surface area (Å²) in [5, 5.41) is 11.7. The smallest absolute Gasteiger partial charge is 0.354 e. The van der Waals surface area contributed by atoms with Gasteiger partial charge in [-0.3, -0.25) is 0 Å². The molecule has 0 spiro atoms. The van der Waals surface area contributed by atoms with Gasteiger partial charge in [-0.15, -0.1) is 0 Å². The van der Waals surface area contributed by atoms with Crippen LogP contribution in [-0.4, -0.2) is 22.6 Å². The van der Waals surface area contributed by atoms with Gasteiger partial charge in [-0.1, -0.05) is 6.92 Å². The minimum absolute atomic E-state index is 0.0705. The number of aromatic carboxylic acids is 1. The standard InChI is InChI=1S/C9H12N2O2/c1-2-4-10-7-3-5-11-8(6-7)9(12)13/h3,5-6H,2,4H2,1H3,(H,10,11)(H,12,13). The summed E-state index contributed by atoms with van der Waals surface area (Å²) >= 11 is 0. The van der Waals surface area contributed by atoms with Crippen LogP contribution in [0.1, 0.15) is 23.8 Å². The van der Waals surface area contributed by atoms with Crippen LogP contribution < -0.4 is 5.32 Å². The predicted octanol–water partition coefficient (Wildman–Crippen LogP) is 1.60. The predicted molar refractivity (Wildman–Crippen MR) is 50.0 cm³/mol. The van der Waals surface area contributed by atoms with Crippen molar-refractivity contribution in [2.24, 2.45) is 0 Å². The molecule has 4 heteroatoms. The van der Waals surface area contributed by atoms with Crippen LogP contribution >= 0.6 is 0 Å². The maximum absolute atomic E-state index is 10.5. The zero-order valence-electron chi connectivity index (χ0n) is 7.45. The first-order valence-corrected chi connectivity index (χ1v) is 4.17. The molecule has 1 aromatic heterocycles. The highest BCUT2D eigenvalue weighted by Gasteiger charge is 2.03. The van der Waals surface area contributed by atoms with Gasteiger partial charge in [-0.25, -0.2) is 9.78 Å². The lowest BCUT2D eigenvalue weighted by atomic mass is 10.3. The molecule has 0 aliphatic carbocycles. The third-order valence-electron chi connectivity index (χ3n) is 1.56. The average Bonchev–Trinajstić information content (AvgIpc) is 2.15. The molecule has 13 heavy (non-hydrogen) atoms. The Balaban J connectivity index is 2.73. The Bertz CT molecular complexity index is 299. The van der Waals surface area contributed by atoms with E-state index in [1.165, 1.54) is 12.3 Å². The SMILES string of the molecule is CCCNc1ccnc(C(=O)O)c1. The van der Waals surface area contributed by atoms with Gasteiger partial charge in [0.05, 0.1) is 0 Å². The number of nitrogens with zero attached hydrogens (tertiary/aromatic N) is 1. The number of carboxylic acids is 1. The van der Waals surface area contributed by atoms with Crippen molar-refractivity contribution in [2.75, 3.05) is 11.9 Å². The fourth-order valence-electron chi connectivity index (χ4n) is 0.927.